The molecule has 0 unspecified atom stereocenters. The van der Waals surface area contributed by atoms with Gasteiger partial charge < -0.3 is 9.84 Å². The second-order valence-electron chi connectivity index (χ2n) is 7.68. The zero-order chi connectivity index (χ0) is 18.0. The largest absolute Gasteiger partial charge is 0.465 e. The molecule has 2 aliphatic rings. The maximum Gasteiger partial charge on any atom is 0.409 e. The number of rotatable bonds is 4. The van der Waals surface area contributed by atoms with E-state index in [9.17, 15) is 14.7 Å². The highest BCUT2D eigenvalue weighted by Crippen LogP contribution is 2.39. The van der Waals surface area contributed by atoms with Crippen LogP contribution >= 0.6 is 0 Å². The van der Waals surface area contributed by atoms with Crippen LogP contribution in [0.5, 0.6) is 0 Å². The normalized spacial score (nSPS) is 26.6. The summed E-state index contributed by atoms with van der Waals surface area (Å²) < 4.78 is 5.99. The summed E-state index contributed by atoms with van der Waals surface area (Å²) in [6.07, 6.45) is 4.77. The fraction of sp³-hybridized carbons (Fsp3) is 0.600. The molecule has 136 valence electrons. The predicted octanol–water partition coefficient (Wildman–Crippen LogP) is 4.32. The lowest BCUT2D eigenvalue weighted by atomic mass is 9.82. The number of amides is 1. The van der Waals surface area contributed by atoms with Gasteiger partial charge in [0.2, 0.25) is 0 Å². The molecule has 2 fully saturated rings. The molecule has 1 aromatic rings. The Bertz CT molecular complexity index is 622. The topological polar surface area (TPSA) is 66.8 Å². The summed E-state index contributed by atoms with van der Waals surface area (Å²) in [5, 5.41) is 9.75. The minimum atomic E-state index is -1.02. The molecule has 1 saturated carbocycles. The molecule has 1 heterocycles. The first-order valence-corrected chi connectivity index (χ1v) is 9.19. The third-order valence-electron chi connectivity index (χ3n) is 5.50. The van der Waals surface area contributed by atoms with Crippen molar-refractivity contribution in [2.24, 2.45) is 5.92 Å². The second-order valence-corrected chi connectivity index (χ2v) is 7.68. The van der Waals surface area contributed by atoms with Gasteiger partial charge in [-0.25, -0.2) is 4.79 Å². The van der Waals surface area contributed by atoms with Crippen molar-refractivity contribution in [3.05, 3.63) is 35.9 Å². The van der Waals surface area contributed by atoms with Crippen LogP contribution in [0, 0.1) is 5.92 Å². The third kappa shape index (κ3) is 3.71. The maximum atomic E-state index is 13.0. The fourth-order valence-electron chi connectivity index (χ4n) is 4.34. The molecule has 5 heteroatoms. The number of hydrogen-bond donors (Lipinski definition) is 1. The summed E-state index contributed by atoms with van der Waals surface area (Å²) in [6, 6.07) is 8.60. The summed E-state index contributed by atoms with van der Waals surface area (Å²) in [4.78, 5) is 26.3. The van der Waals surface area contributed by atoms with Gasteiger partial charge in [0.15, 0.2) is 5.78 Å². The van der Waals surface area contributed by atoms with E-state index >= 15 is 0 Å². The number of carboxylic acid groups (broad SMARTS) is 1. The van der Waals surface area contributed by atoms with Gasteiger partial charge >= 0.3 is 6.09 Å². The quantitative estimate of drug-likeness (QED) is 0.825. The second kappa shape index (κ2) is 7.16. The third-order valence-corrected chi connectivity index (χ3v) is 5.50. The SMILES string of the molecule is CC1(C)O[C@@H](C(=O)c2ccccc2)[C@H](CC2CCCCC2)N1C(=O)O. The zero-order valence-electron chi connectivity index (χ0n) is 15.0. The van der Waals surface area contributed by atoms with Gasteiger partial charge in [-0.1, -0.05) is 62.4 Å². The molecule has 0 spiro atoms. The molecule has 3 rings (SSSR count). The van der Waals surface area contributed by atoms with Crippen molar-refractivity contribution >= 4 is 11.9 Å². The lowest BCUT2D eigenvalue weighted by molar-refractivity contribution is -0.0591. The Labute approximate surface area is 149 Å². The average molecular weight is 345 g/mol. The summed E-state index contributed by atoms with van der Waals surface area (Å²) in [7, 11) is 0. The smallest absolute Gasteiger partial charge is 0.409 e. The number of carbonyl (C=O) groups is 2. The molecule has 0 radical (unpaired) electrons. The summed E-state index contributed by atoms with van der Waals surface area (Å²) in [5.74, 6) is 0.336. The van der Waals surface area contributed by atoms with Crippen molar-refractivity contribution < 1.29 is 19.4 Å². The molecule has 0 aromatic heterocycles. The predicted molar refractivity (Wildman–Crippen MR) is 94.6 cm³/mol. The molecule has 0 bridgehead atoms. The standard InChI is InChI=1S/C20H27NO4/c1-20(2)21(19(23)24)16(13-14-9-5-3-6-10-14)18(25-20)17(22)15-11-7-4-8-12-15/h4,7-8,11-12,14,16,18H,3,5-6,9-10,13H2,1-2H3,(H,23,24)/t16-,18+/m0/s1. The van der Waals surface area contributed by atoms with Crippen LogP contribution in [0.15, 0.2) is 30.3 Å². The van der Waals surface area contributed by atoms with E-state index in [0.717, 1.165) is 12.8 Å². The lowest BCUT2D eigenvalue weighted by Gasteiger charge is -2.33. The van der Waals surface area contributed by atoms with Crippen LogP contribution in [0.1, 0.15) is 62.7 Å². The number of hydrogen-bond acceptors (Lipinski definition) is 3. The summed E-state index contributed by atoms with van der Waals surface area (Å²) in [5.41, 5.74) is -0.426. The Morgan fingerprint density at radius 2 is 1.80 bits per heavy atom. The Balaban J connectivity index is 1.88. The lowest BCUT2D eigenvalue weighted by Crippen LogP contribution is -2.49. The van der Waals surface area contributed by atoms with Crippen LogP contribution < -0.4 is 0 Å². The Morgan fingerprint density at radius 1 is 1.16 bits per heavy atom. The molecular formula is C20H27NO4. The van der Waals surface area contributed by atoms with Gasteiger partial charge in [-0.3, -0.25) is 9.69 Å². The van der Waals surface area contributed by atoms with E-state index in [0.29, 0.717) is 17.9 Å². The number of Topliss-reactive ketones (excluding diaryl/α,β-unsaturated/α-hetero) is 1. The molecule has 1 amide bonds. The van der Waals surface area contributed by atoms with E-state index < -0.39 is 24.0 Å². The van der Waals surface area contributed by atoms with Crippen molar-refractivity contribution in [2.75, 3.05) is 0 Å². The van der Waals surface area contributed by atoms with E-state index in [4.69, 9.17) is 4.74 Å². The highest BCUT2D eigenvalue weighted by Gasteiger charge is 2.53. The highest BCUT2D eigenvalue weighted by molar-refractivity contribution is 6.00. The van der Waals surface area contributed by atoms with E-state index in [2.05, 4.69) is 0 Å². The van der Waals surface area contributed by atoms with Crippen LogP contribution in [0.25, 0.3) is 0 Å². The average Bonchev–Trinajstić information content (AvgIpc) is 2.86. The van der Waals surface area contributed by atoms with Gasteiger partial charge in [0.05, 0.1) is 6.04 Å². The molecule has 1 N–H and O–H groups in total. The molecule has 5 nitrogen and oxygen atoms in total. The van der Waals surface area contributed by atoms with Gasteiger partial charge in [0.1, 0.15) is 11.8 Å². The van der Waals surface area contributed by atoms with Crippen molar-refractivity contribution in [3.8, 4) is 0 Å². The Kier molecular flexibility index (Phi) is 5.13. The first kappa shape index (κ1) is 17.9. The van der Waals surface area contributed by atoms with Gasteiger partial charge in [0.25, 0.3) is 0 Å². The minimum Gasteiger partial charge on any atom is -0.465 e. The minimum absolute atomic E-state index is 0.127. The van der Waals surface area contributed by atoms with Crippen molar-refractivity contribution in [2.45, 2.75) is 70.2 Å². The van der Waals surface area contributed by atoms with E-state index in [1.54, 1.807) is 26.0 Å². The highest BCUT2D eigenvalue weighted by atomic mass is 16.6. The molecule has 1 aromatic carbocycles. The van der Waals surface area contributed by atoms with E-state index in [1.165, 1.54) is 24.2 Å². The zero-order valence-corrected chi connectivity index (χ0v) is 15.0. The molecule has 1 aliphatic carbocycles. The van der Waals surface area contributed by atoms with Crippen LogP contribution in [-0.2, 0) is 4.74 Å². The number of carbonyl (C=O) groups excluding carboxylic acids is 1. The van der Waals surface area contributed by atoms with Crippen LogP contribution in [0.2, 0.25) is 0 Å². The monoisotopic (exact) mass is 345 g/mol. The van der Waals surface area contributed by atoms with E-state index in [-0.39, 0.29) is 5.78 Å². The Morgan fingerprint density at radius 3 is 2.40 bits per heavy atom. The molecule has 1 saturated heterocycles. The number of ether oxygens (including phenoxy) is 1. The van der Waals surface area contributed by atoms with Gasteiger partial charge in [-0.2, -0.15) is 0 Å². The van der Waals surface area contributed by atoms with Gasteiger partial charge in [0, 0.05) is 5.56 Å². The first-order valence-electron chi connectivity index (χ1n) is 9.19. The molecule has 1 aliphatic heterocycles. The van der Waals surface area contributed by atoms with Crippen molar-refractivity contribution in [1.29, 1.82) is 0 Å². The Hall–Kier alpha value is -1.88. The number of ketones is 1. The van der Waals surface area contributed by atoms with E-state index in [1.807, 2.05) is 18.2 Å². The fourth-order valence-corrected chi connectivity index (χ4v) is 4.34. The van der Waals surface area contributed by atoms with Crippen LogP contribution in [-0.4, -0.2) is 39.8 Å². The molecular weight excluding hydrogens is 318 g/mol. The summed E-state index contributed by atoms with van der Waals surface area (Å²) in [6.45, 7) is 3.46. The number of nitrogens with zero attached hydrogens (tertiary/aromatic N) is 1. The van der Waals surface area contributed by atoms with Crippen LogP contribution in [0.3, 0.4) is 0 Å². The first-order chi connectivity index (χ1) is 11.9. The van der Waals surface area contributed by atoms with Crippen LogP contribution in [0.4, 0.5) is 4.79 Å². The van der Waals surface area contributed by atoms with Crippen molar-refractivity contribution in [1.82, 2.24) is 4.90 Å². The van der Waals surface area contributed by atoms with Gasteiger partial charge in [-0.05, 0) is 26.2 Å². The summed E-state index contributed by atoms with van der Waals surface area (Å²) >= 11 is 0. The maximum absolute atomic E-state index is 13.0. The molecule has 2 atom stereocenters. The molecule has 25 heavy (non-hydrogen) atoms. The number of benzene rings is 1. The van der Waals surface area contributed by atoms with Crippen molar-refractivity contribution in [3.63, 3.8) is 0 Å². The van der Waals surface area contributed by atoms with Gasteiger partial charge in [-0.15, -0.1) is 0 Å².